The van der Waals surface area contributed by atoms with Crippen molar-refractivity contribution in [2.45, 2.75) is 85.6 Å². The maximum atomic E-state index is 13.9. The van der Waals surface area contributed by atoms with Crippen LogP contribution in [-0.2, 0) is 23.8 Å². The Morgan fingerprint density at radius 1 is 0.941 bits per heavy atom. The molecule has 273 valence electrons. The van der Waals surface area contributed by atoms with Gasteiger partial charge in [-0.05, 0) is 19.9 Å². The molecule has 1 radical (unpaired) electrons. The molecule has 2 aromatic rings. The standard InChI is InChI=1S/C37H47NO12.Na/c1-16-11-10-12-17(2)36(46)38-23-15-24(40)26-27(32(23)44)31(43)21(6)34-28(26)35(45)37(8,50-34)48-14-13-25(47-9)18(3)33(49-22(7)39)20(5)30(42)19(4)29(16)41;/h10-16,18-20,25,29-30,33,40-44H,1-9H3,(H,38,46);/b11-10+,14-13?,17-12?;/t16-,18+,19+,20+,25-,29-,30+,33+,37-;/m0./s1. The van der Waals surface area contributed by atoms with Crippen molar-refractivity contribution in [3.05, 3.63) is 53.3 Å². The van der Waals surface area contributed by atoms with E-state index in [0.717, 1.165) is 6.07 Å². The number of ether oxygens (including phenoxy) is 4. The van der Waals surface area contributed by atoms with Crippen molar-refractivity contribution in [3.8, 4) is 23.0 Å². The third kappa shape index (κ3) is 8.08. The van der Waals surface area contributed by atoms with Gasteiger partial charge in [0, 0.05) is 96.8 Å². The fourth-order valence-corrected chi connectivity index (χ4v) is 6.65. The zero-order chi connectivity index (χ0) is 37.4. The number of ketones is 1. The number of benzene rings is 2. The zero-order valence-corrected chi connectivity index (χ0v) is 32.7. The molecule has 1 amide bonds. The summed E-state index contributed by atoms with van der Waals surface area (Å²) in [5.74, 6) is -7.99. The number of phenols is 3. The van der Waals surface area contributed by atoms with Crippen LogP contribution in [0.3, 0.4) is 0 Å². The summed E-state index contributed by atoms with van der Waals surface area (Å²) in [4.78, 5) is 39.2. The Morgan fingerprint density at radius 3 is 2.20 bits per heavy atom. The van der Waals surface area contributed by atoms with E-state index in [0.29, 0.717) is 0 Å². The van der Waals surface area contributed by atoms with Crippen molar-refractivity contribution < 1.29 is 58.9 Å². The molecular weight excluding hydrogens is 673 g/mol. The smallest absolute Gasteiger partial charge is 0.312 e. The predicted molar refractivity (Wildman–Crippen MR) is 190 cm³/mol. The molecule has 0 saturated carbocycles. The number of carbonyl (C=O) groups is 3. The van der Waals surface area contributed by atoms with Crippen LogP contribution in [0, 0.1) is 30.6 Å². The van der Waals surface area contributed by atoms with Crippen LogP contribution in [-0.4, -0.2) is 110 Å². The summed E-state index contributed by atoms with van der Waals surface area (Å²) in [7, 11) is 1.43. The van der Waals surface area contributed by atoms with Crippen LogP contribution in [0.15, 0.2) is 42.2 Å². The number of Topliss-reactive ketones (excluding diaryl/α,β-unsaturated/α-hetero) is 1. The molecule has 9 atom stereocenters. The number of fused-ring (bicyclic) bond motifs is 14. The number of hydrogen-bond donors (Lipinski definition) is 6. The van der Waals surface area contributed by atoms with Gasteiger partial charge in [0.05, 0.1) is 41.2 Å². The molecule has 0 saturated heterocycles. The molecule has 3 aliphatic rings. The number of anilines is 1. The van der Waals surface area contributed by atoms with Crippen LogP contribution < -0.4 is 10.1 Å². The molecule has 0 spiro atoms. The number of nitrogens with one attached hydrogen (secondary N) is 1. The van der Waals surface area contributed by atoms with E-state index in [-0.39, 0.29) is 68.5 Å². The summed E-state index contributed by atoms with van der Waals surface area (Å²) in [6.07, 6.45) is 3.62. The van der Waals surface area contributed by atoms with Crippen molar-refractivity contribution >= 4 is 63.7 Å². The molecule has 13 nitrogen and oxygen atoms in total. The third-order valence-electron chi connectivity index (χ3n) is 9.84. The quantitative estimate of drug-likeness (QED) is 0.111. The van der Waals surface area contributed by atoms with Crippen molar-refractivity contribution in [3.63, 3.8) is 0 Å². The molecule has 0 aromatic heterocycles. The van der Waals surface area contributed by atoms with Gasteiger partial charge in [-0.1, -0.05) is 45.9 Å². The number of aromatic hydroxyl groups is 3. The van der Waals surface area contributed by atoms with Crippen LogP contribution in [0.2, 0.25) is 0 Å². The molecule has 0 fully saturated rings. The topological polar surface area (TPSA) is 201 Å². The molecule has 14 heteroatoms. The second-order valence-electron chi connectivity index (χ2n) is 13.4. The maximum Gasteiger partial charge on any atom is 0.312 e. The largest absolute Gasteiger partial charge is 0.507 e. The van der Waals surface area contributed by atoms with E-state index in [4.69, 9.17) is 18.9 Å². The molecular formula is C37H47NNaO12. The van der Waals surface area contributed by atoms with Gasteiger partial charge in [0.2, 0.25) is 0 Å². The average molecular weight is 721 g/mol. The molecule has 5 bridgehead atoms. The number of carbonyl (C=O) groups excluding carboxylic acids is 3. The first-order valence-electron chi connectivity index (χ1n) is 16.4. The molecule has 51 heavy (non-hydrogen) atoms. The van der Waals surface area contributed by atoms with Crippen LogP contribution in [0.5, 0.6) is 23.0 Å². The first kappa shape index (κ1) is 41.8. The van der Waals surface area contributed by atoms with Crippen LogP contribution in [0.4, 0.5) is 5.69 Å². The molecule has 2 aromatic carbocycles. The number of methoxy groups -OCH3 is 1. The molecule has 3 aliphatic heterocycles. The zero-order valence-electron chi connectivity index (χ0n) is 30.7. The van der Waals surface area contributed by atoms with E-state index in [9.17, 15) is 39.9 Å². The second kappa shape index (κ2) is 16.4. The minimum absolute atomic E-state index is 0. The van der Waals surface area contributed by atoms with E-state index in [2.05, 4.69) is 5.32 Å². The van der Waals surface area contributed by atoms with Gasteiger partial charge >= 0.3 is 11.8 Å². The Labute approximate surface area is 319 Å². The first-order valence-corrected chi connectivity index (χ1v) is 16.4. The summed E-state index contributed by atoms with van der Waals surface area (Å²) in [5.41, 5.74) is -0.0929. The number of allylic oxidation sites excluding steroid dienone is 2. The number of esters is 1. The molecule has 3 heterocycles. The second-order valence-corrected chi connectivity index (χ2v) is 13.4. The predicted octanol–water partition coefficient (Wildman–Crippen LogP) is 4.37. The van der Waals surface area contributed by atoms with Crippen molar-refractivity contribution in [2.24, 2.45) is 23.7 Å². The van der Waals surface area contributed by atoms with Crippen LogP contribution in [0.1, 0.15) is 64.4 Å². The van der Waals surface area contributed by atoms with Gasteiger partial charge in [0.15, 0.2) is 5.75 Å². The van der Waals surface area contributed by atoms with Gasteiger partial charge in [-0.15, -0.1) is 0 Å². The Bertz CT molecular complexity index is 1770. The van der Waals surface area contributed by atoms with E-state index in [1.54, 1.807) is 39.8 Å². The average Bonchev–Trinajstić information content (AvgIpc) is 3.33. The Morgan fingerprint density at radius 2 is 1.59 bits per heavy atom. The maximum absolute atomic E-state index is 13.9. The molecule has 6 N–H and O–H groups in total. The fraction of sp³-hybridized carbons (Fsp3) is 0.486. The van der Waals surface area contributed by atoms with Crippen molar-refractivity contribution in [1.82, 2.24) is 0 Å². The Hall–Kier alpha value is -3.59. The molecule has 0 aliphatic carbocycles. The van der Waals surface area contributed by atoms with Crippen LogP contribution in [0.25, 0.3) is 10.8 Å². The van der Waals surface area contributed by atoms with E-state index in [1.807, 2.05) is 0 Å². The monoisotopic (exact) mass is 720 g/mol. The van der Waals surface area contributed by atoms with E-state index in [1.165, 1.54) is 53.2 Å². The van der Waals surface area contributed by atoms with Crippen molar-refractivity contribution in [2.75, 3.05) is 12.4 Å². The number of aliphatic hydroxyl groups excluding tert-OH is 2. The van der Waals surface area contributed by atoms with Gasteiger partial charge in [0.25, 0.3) is 11.7 Å². The Kier molecular flexibility index (Phi) is 13.4. The van der Waals surface area contributed by atoms with E-state index < -0.39 is 88.8 Å². The van der Waals surface area contributed by atoms with Crippen LogP contribution >= 0.6 is 0 Å². The van der Waals surface area contributed by atoms with Crippen molar-refractivity contribution in [1.29, 1.82) is 0 Å². The summed E-state index contributed by atoms with van der Waals surface area (Å²) in [5, 5.41) is 58.2. The number of hydrogen-bond acceptors (Lipinski definition) is 12. The molecule has 0 unspecified atom stereocenters. The summed E-state index contributed by atoms with van der Waals surface area (Å²) in [6, 6.07) is 1.06. The number of rotatable bonds is 2. The van der Waals surface area contributed by atoms with E-state index >= 15 is 0 Å². The minimum atomic E-state index is -1.98. The van der Waals surface area contributed by atoms with Gasteiger partial charge in [0.1, 0.15) is 23.4 Å². The third-order valence-corrected chi connectivity index (χ3v) is 9.84. The summed E-state index contributed by atoms with van der Waals surface area (Å²) in [6.45, 7) is 12.5. The fourth-order valence-electron chi connectivity index (χ4n) is 6.65. The van der Waals surface area contributed by atoms with Gasteiger partial charge in [-0.25, -0.2) is 0 Å². The minimum Gasteiger partial charge on any atom is -0.507 e. The normalized spacial score (nSPS) is 30.9. The van der Waals surface area contributed by atoms with Gasteiger partial charge in [-0.2, -0.15) is 0 Å². The number of amides is 1. The summed E-state index contributed by atoms with van der Waals surface area (Å²) >= 11 is 0. The summed E-state index contributed by atoms with van der Waals surface area (Å²) < 4.78 is 23.2. The first-order chi connectivity index (χ1) is 23.4. The van der Waals surface area contributed by atoms with Gasteiger partial charge in [-0.3, -0.25) is 14.4 Å². The van der Waals surface area contributed by atoms with Gasteiger partial charge < -0.3 is 49.8 Å². The SMILES string of the molecule is CO[C@H]1C=CO[C@@]2(C)Oc3c(C)c(O)c4c(O)c(cc(O)c4c3C2=O)NC(=O)C(C)=C/C=C/[C@H](C)[C@H](O)[C@@H](C)[C@@H](O)[C@@H](C)[C@H](OC(C)=O)[C@@H]1C.[Na]. The number of phenolic OH excluding ortho intramolecular Hbond substituents is 3. The number of aliphatic hydroxyl groups is 2. The molecule has 5 rings (SSSR count). The Balaban J connectivity index is 0.00000702.